The SMILES string of the molecule is COc1ccc(-c2c(C(=O)N(C)C)nc3ccccn23)cc1. The highest BCUT2D eigenvalue weighted by molar-refractivity contribution is 5.99. The van der Waals surface area contributed by atoms with Crippen LogP contribution in [-0.4, -0.2) is 41.4 Å². The maximum absolute atomic E-state index is 12.5. The number of ether oxygens (including phenoxy) is 1. The second-order valence-corrected chi connectivity index (χ2v) is 5.17. The van der Waals surface area contributed by atoms with E-state index in [4.69, 9.17) is 4.74 Å². The Morgan fingerprint density at radius 2 is 1.86 bits per heavy atom. The Labute approximate surface area is 128 Å². The number of pyridine rings is 1. The Kier molecular flexibility index (Phi) is 3.55. The van der Waals surface area contributed by atoms with E-state index in [1.165, 1.54) is 4.90 Å². The molecule has 0 N–H and O–H groups in total. The minimum absolute atomic E-state index is 0.116. The van der Waals surface area contributed by atoms with Crippen LogP contribution in [0.2, 0.25) is 0 Å². The first-order valence-corrected chi connectivity index (χ1v) is 6.95. The molecule has 5 heteroatoms. The Bertz CT molecular complexity index is 820. The highest BCUT2D eigenvalue weighted by Crippen LogP contribution is 2.27. The van der Waals surface area contributed by atoms with Crippen LogP contribution >= 0.6 is 0 Å². The third-order valence-corrected chi connectivity index (χ3v) is 3.50. The molecule has 5 nitrogen and oxygen atoms in total. The fourth-order valence-electron chi connectivity index (χ4n) is 2.38. The summed E-state index contributed by atoms with van der Waals surface area (Å²) in [6.07, 6.45) is 1.91. The van der Waals surface area contributed by atoms with Gasteiger partial charge in [-0.15, -0.1) is 0 Å². The zero-order chi connectivity index (χ0) is 15.7. The van der Waals surface area contributed by atoms with Gasteiger partial charge >= 0.3 is 0 Å². The maximum atomic E-state index is 12.5. The molecule has 0 saturated heterocycles. The molecule has 1 amide bonds. The number of carbonyl (C=O) groups excluding carboxylic acids is 1. The minimum atomic E-state index is -0.116. The molecular weight excluding hydrogens is 278 g/mol. The normalized spacial score (nSPS) is 10.7. The van der Waals surface area contributed by atoms with Crippen LogP contribution in [0, 0.1) is 0 Å². The summed E-state index contributed by atoms with van der Waals surface area (Å²) in [5.74, 6) is 0.660. The van der Waals surface area contributed by atoms with Gasteiger partial charge in [0.25, 0.3) is 5.91 Å². The average Bonchev–Trinajstić information content (AvgIpc) is 2.93. The number of amides is 1. The van der Waals surface area contributed by atoms with E-state index in [0.29, 0.717) is 5.69 Å². The standard InChI is InChI=1S/C17H17N3O2/c1-19(2)17(21)15-16(12-7-9-13(22-3)10-8-12)20-11-5-4-6-14(20)18-15/h4-11H,1-3H3. The Hall–Kier alpha value is -2.82. The predicted octanol–water partition coefficient (Wildman–Crippen LogP) is 2.71. The number of benzene rings is 1. The zero-order valence-electron chi connectivity index (χ0n) is 12.8. The minimum Gasteiger partial charge on any atom is -0.497 e. The number of fused-ring (bicyclic) bond motifs is 1. The molecule has 0 unspecified atom stereocenters. The molecule has 0 aliphatic heterocycles. The molecule has 0 saturated carbocycles. The molecule has 2 aromatic heterocycles. The van der Waals surface area contributed by atoms with Crippen molar-refractivity contribution in [2.45, 2.75) is 0 Å². The number of aromatic nitrogens is 2. The van der Waals surface area contributed by atoms with Crippen LogP contribution in [0.15, 0.2) is 48.7 Å². The number of hydrogen-bond acceptors (Lipinski definition) is 3. The molecule has 2 heterocycles. The van der Waals surface area contributed by atoms with Crippen LogP contribution in [0.25, 0.3) is 16.9 Å². The average molecular weight is 295 g/mol. The first kappa shape index (κ1) is 14.1. The van der Waals surface area contributed by atoms with Crippen LogP contribution in [0.3, 0.4) is 0 Å². The summed E-state index contributed by atoms with van der Waals surface area (Å²) in [4.78, 5) is 18.5. The van der Waals surface area contributed by atoms with Gasteiger partial charge in [0.05, 0.1) is 12.8 Å². The molecule has 3 aromatic rings. The van der Waals surface area contributed by atoms with E-state index < -0.39 is 0 Å². The topological polar surface area (TPSA) is 46.8 Å². The van der Waals surface area contributed by atoms with E-state index in [0.717, 1.165) is 22.7 Å². The van der Waals surface area contributed by atoms with Crippen molar-refractivity contribution in [2.24, 2.45) is 0 Å². The lowest BCUT2D eigenvalue weighted by Crippen LogP contribution is -2.22. The Balaban J connectivity index is 2.24. The molecule has 3 rings (SSSR count). The highest BCUT2D eigenvalue weighted by atomic mass is 16.5. The van der Waals surface area contributed by atoms with Crippen molar-refractivity contribution in [1.82, 2.24) is 14.3 Å². The van der Waals surface area contributed by atoms with Gasteiger partial charge in [-0.3, -0.25) is 9.20 Å². The molecule has 22 heavy (non-hydrogen) atoms. The number of rotatable bonds is 3. The summed E-state index contributed by atoms with van der Waals surface area (Å²) in [5.41, 5.74) is 2.90. The third-order valence-electron chi connectivity index (χ3n) is 3.50. The number of hydrogen-bond donors (Lipinski definition) is 0. The van der Waals surface area contributed by atoms with Gasteiger partial charge in [-0.1, -0.05) is 6.07 Å². The highest BCUT2D eigenvalue weighted by Gasteiger charge is 2.21. The summed E-state index contributed by atoms with van der Waals surface area (Å²) in [5, 5.41) is 0. The molecule has 0 spiro atoms. The number of imidazole rings is 1. The second-order valence-electron chi connectivity index (χ2n) is 5.17. The summed E-state index contributed by atoms with van der Waals surface area (Å²) < 4.78 is 7.12. The second kappa shape index (κ2) is 5.52. The number of nitrogens with zero attached hydrogens (tertiary/aromatic N) is 3. The van der Waals surface area contributed by atoms with Crippen LogP contribution in [0.5, 0.6) is 5.75 Å². The van der Waals surface area contributed by atoms with E-state index in [2.05, 4.69) is 4.98 Å². The van der Waals surface area contributed by atoms with Gasteiger partial charge in [0, 0.05) is 25.9 Å². The fraction of sp³-hybridized carbons (Fsp3) is 0.176. The Morgan fingerprint density at radius 1 is 1.14 bits per heavy atom. The molecule has 112 valence electrons. The van der Waals surface area contributed by atoms with Gasteiger partial charge in [-0.25, -0.2) is 4.98 Å². The predicted molar refractivity (Wildman–Crippen MR) is 85.2 cm³/mol. The van der Waals surface area contributed by atoms with Crippen molar-refractivity contribution in [2.75, 3.05) is 21.2 Å². The van der Waals surface area contributed by atoms with E-state index >= 15 is 0 Å². The van der Waals surface area contributed by atoms with E-state index in [1.807, 2.05) is 53.1 Å². The molecular formula is C17H17N3O2. The molecule has 1 aromatic carbocycles. The van der Waals surface area contributed by atoms with Gasteiger partial charge in [0.15, 0.2) is 5.69 Å². The molecule has 0 fully saturated rings. The lowest BCUT2D eigenvalue weighted by molar-refractivity contribution is 0.0823. The van der Waals surface area contributed by atoms with Crippen molar-refractivity contribution >= 4 is 11.6 Å². The smallest absolute Gasteiger partial charge is 0.274 e. The summed E-state index contributed by atoms with van der Waals surface area (Å²) >= 11 is 0. The molecule has 0 aliphatic carbocycles. The van der Waals surface area contributed by atoms with Crippen molar-refractivity contribution in [1.29, 1.82) is 0 Å². The lowest BCUT2D eigenvalue weighted by Gasteiger charge is -2.10. The lowest BCUT2D eigenvalue weighted by atomic mass is 10.1. The third kappa shape index (κ3) is 2.30. The first-order chi connectivity index (χ1) is 10.6. The van der Waals surface area contributed by atoms with Crippen LogP contribution in [0.1, 0.15) is 10.5 Å². The molecule has 0 atom stereocenters. The van der Waals surface area contributed by atoms with E-state index in [-0.39, 0.29) is 5.91 Å². The summed E-state index contributed by atoms with van der Waals surface area (Å²) in [6.45, 7) is 0. The van der Waals surface area contributed by atoms with Gasteiger partial charge in [0.1, 0.15) is 11.4 Å². The fourth-order valence-corrected chi connectivity index (χ4v) is 2.38. The molecule has 0 bridgehead atoms. The van der Waals surface area contributed by atoms with Crippen LogP contribution < -0.4 is 4.74 Å². The monoisotopic (exact) mass is 295 g/mol. The van der Waals surface area contributed by atoms with E-state index in [1.54, 1.807) is 21.2 Å². The largest absolute Gasteiger partial charge is 0.497 e. The molecule has 0 radical (unpaired) electrons. The van der Waals surface area contributed by atoms with Gasteiger partial charge < -0.3 is 9.64 Å². The van der Waals surface area contributed by atoms with Crippen molar-refractivity contribution < 1.29 is 9.53 Å². The van der Waals surface area contributed by atoms with Gasteiger partial charge in [-0.05, 0) is 36.4 Å². The summed E-state index contributed by atoms with van der Waals surface area (Å²) in [6, 6.07) is 13.3. The van der Waals surface area contributed by atoms with Crippen LogP contribution in [0.4, 0.5) is 0 Å². The van der Waals surface area contributed by atoms with Gasteiger partial charge in [-0.2, -0.15) is 0 Å². The quantitative estimate of drug-likeness (QED) is 0.746. The van der Waals surface area contributed by atoms with E-state index in [9.17, 15) is 4.79 Å². The summed E-state index contributed by atoms with van der Waals surface area (Å²) in [7, 11) is 5.08. The van der Waals surface area contributed by atoms with Crippen molar-refractivity contribution in [3.05, 3.63) is 54.4 Å². The number of carbonyl (C=O) groups is 1. The first-order valence-electron chi connectivity index (χ1n) is 6.95. The number of methoxy groups -OCH3 is 1. The molecule has 0 aliphatic rings. The van der Waals surface area contributed by atoms with Gasteiger partial charge in [0.2, 0.25) is 0 Å². The maximum Gasteiger partial charge on any atom is 0.274 e. The van der Waals surface area contributed by atoms with Crippen LogP contribution in [-0.2, 0) is 0 Å². The zero-order valence-corrected chi connectivity index (χ0v) is 12.8. The van der Waals surface area contributed by atoms with Crippen molar-refractivity contribution in [3.8, 4) is 17.0 Å². The Morgan fingerprint density at radius 3 is 2.50 bits per heavy atom. The van der Waals surface area contributed by atoms with Crippen molar-refractivity contribution in [3.63, 3.8) is 0 Å².